The highest BCUT2D eigenvalue weighted by atomic mass is 32.2. The van der Waals surface area contributed by atoms with E-state index in [1.165, 1.54) is 40.5 Å². The molecule has 9 heteroatoms. The number of aromatic nitrogens is 1. The number of nitrogens with zero attached hydrogens (tertiary/aromatic N) is 2. The molecule has 140 valence electrons. The van der Waals surface area contributed by atoms with Crippen molar-refractivity contribution in [3.8, 4) is 5.75 Å². The molecule has 1 fully saturated rings. The first-order chi connectivity index (χ1) is 12.2. The van der Waals surface area contributed by atoms with Crippen molar-refractivity contribution < 1.29 is 22.3 Å². The summed E-state index contributed by atoms with van der Waals surface area (Å²) in [7, 11) is -1.43. The average Bonchev–Trinajstić information content (AvgIpc) is 3.15. The number of carbonyl (C=O) groups is 1. The summed E-state index contributed by atoms with van der Waals surface area (Å²) in [5.41, 5.74) is 0.588. The second-order valence-electron chi connectivity index (χ2n) is 6.24. The Labute approximate surface area is 155 Å². The third-order valence-electron chi connectivity index (χ3n) is 4.29. The van der Waals surface area contributed by atoms with Gasteiger partial charge in [0.15, 0.2) is 9.84 Å². The average molecular weight is 398 g/mol. The lowest BCUT2D eigenvalue weighted by Crippen LogP contribution is -2.37. The third kappa shape index (κ3) is 4.21. The van der Waals surface area contributed by atoms with Crippen LogP contribution in [0.5, 0.6) is 5.75 Å². The number of thiazole rings is 1. The van der Waals surface area contributed by atoms with E-state index < -0.39 is 9.84 Å². The number of benzene rings is 1. The van der Waals surface area contributed by atoms with Gasteiger partial charge >= 0.3 is 0 Å². The van der Waals surface area contributed by atoms with Gasteiger partial charge in [0.1, 0.15) is 28.1 Å². The Morgan fingerprint density at radius 2 is 2.08 bits per heavy atom. The molecule has 1 unspecified atom stereocenters. The van der Waals surface area contributed by atoms with Crippen LogP contribution in [0, 0.1) is 12.7 Å². The summed E-state index contributed by atoms with van der Waals surface area (Å²) in [6.07, 6.45) is 0.461. The molecular weight excluding hydrogens is 379 g/mol. The molecular formula is C17H19FN2O4S2. The minimum absolute atomic E-state index is 0.00757. The Balaban J connectivity index is 1.67. The van der Waals surface area contributed by atoms with Crippen molar-refractivity contribution in [3.05, 3.63) is 45.7 Å². The van der Waals surface area contributed by atoms with Crippen molar-refractivity contribution in [1.82, 2.24) is 9.88 Å². The van der Waals surface area contributed by atoms with Gasteiger partial charge in [-0.15, -0.1) is 11.3 Å². The lowest BCUT2D eigenvalue weighted by Gasteiger charge is -2.22. The molecule has 1 atom stereocenters. The summed E-state index contributed by atoms with van der Waals surface area (Å²) < 4.78 is 41.7. The normalized spacial score (nSPS) is 18.7. The van der Waals surface area contributed by atoms with Gasteiger partial charge in [-0.2, -0.15) is 0 Å². The quantitative estimate of drug-likeness (QED) is 0.773. The zero-order valence-corrected chi connectivity index (χ0v) is 16.1. The van der Waals surface area contributed by atoms with Gasteiger partial charge in [0.05, 0.1) is 17.2 Å². The minimum Gasteiger partial charge on any atom is -0.486 e. The molecule has 1 aliphatic rings. The van der Waals surface area contributed by atoms with Gasteiger partial charge in [-0.05, 0) is 37.6 Å². The Bertz CT molecular complexity index is 909. The second-order valence-corrected chi connectivity index (χ2v) is 9.55. The first-order valence-electron chi connectivity index (χ1n) is 8.07. The number of amides is 1. The highest BCUT2D eigenvalue weighted by Crippen LogP contribution is 2.24. The number of halogens is 1. The highest BCUT2D eigenvalue weighted by molar-refractivity contribution is 7.91. The molecule has 6 nitrogen and oxygen atoms in total. The molecule has 0 saturated carbocycles. The Morgan fingerprint density at radius 3 is 2.69 bits per heavy atom. The lowest BCUT2D eigenvalue weighted by atomic mass is 10.2. The smallest absolute Gasteiger partial charge is 0.265 e. The monoisotopic (exact) mass is 398 g/mol. The van der Waals surface area contributed by atoms with Crippen molar-refractivity contribution in [1.29, 1.82) is 0 Å². The molecule has 0 bridgehead atoms. The summed E-state index contributed by atoms with van der Waals surface area (Å²) in [6, 6.07) is 5.36. The topological polar surface area (TPSA) is 76.6 Å². The number of aryl methyl sites for hydroxylation is 1. The SMILES string of the molecule is Cc1nc(COc2ccc(F)cc2)sc1C(=O)N(C)C1CCS(=O)(=O)C1. The van der Waals surface area contributed by atoms with Crippen LogP contribution in [-0.2, 0) is 16.4 Å². The number of sulfone groups is 1. The van der Waals surface area contributed by atoms with E-state index in [1.54, 1.807) is 14.0 Å². The molecule has 1 aliphatic heterocycles. The van der Waals surface area contributed by atoms with Crippen LogP contribution in [0.15, 0.2) is 24.3 Å². The van der Waals surface area contributed by atoms with Crippen molar-refractivity contribution in [3.63, 3.8) is 0 Å². The molecule has 0 N–H and O–H groups in total. The maximum atomic E-state index is 12.9. The fraction of sp³-hybridized carbons (Fsp3) is 0.412. The maximum Gasteiger partial charge on any atom is 0.265 e. The fourth-order valence-corrected chi connectivity index (χ4v) is 5.53. The standard InChI is InChI=1S/C17H19FN2O4S2/c1-11-16(17(21)20(2)13-7-8-26(22,23)10-13)25-15(19-11)9-24-14-5-3-12(18)4-6-14/h3-6,13H,7-10H2,1-2H3. The molecule has 0 spiro atoms. The molecule has 1 aromatic heterocycles. The second kappa shape index (κ2) is 7.32. The number of ether oxygens (including phenoxy) is 1. The minimum atomic E-state index is -3.06. The van der Waals surface area contributed by atoms with Gasteiger partial charge in [0.25, 0.3) is 5.91 Å². The van der Waals surface area contributed by atoms with Gasteiger partial charge in [0, 0.05) is 13.1 Å². The molecule has 0 aliphatic carbocycles. The number of rotatable bonds is 5. The molecule has 1 aromatic carbocycles. The zero-order chi connectivity index (χ0) is 18.9. The number of hydrogen-bond donors (Lipinski definition) is 0. The van der Waals surface area contributed by atoms with E-state index in [4.69, 9.17) is 4.74 Å². The van der Waals surface area contributed by atoms with Gasteiger partial charge in [-0.1, -0.05) is 0 Å². The van der Waals surface area contributed by atoms with Crippen molar-refractivity contribution in [2.45, 2.75) is 26.0 Å². The Kier molecular flexibility index (Phi) is 5.29. The van der Waals surface area contributed by atoms with E-state index in [0.29, 0.717) is 27.7 Å². The summed E-state index contributed by atoms with van der Waals surface area (Å²) >= 11 is 1.23. The van der Waals surface area contributed by atoms with Crippen molar-refractivity contribution in [2.75, 3.05) is 18.6 Å². The Morgan fingerprint density at radius 1 is 1.38 bits per heavy atom. The van der Waals surface area contributed by atoms with E-state index in [9.17, 15) is 17.6 Å². The predicted molar refractivity (Wildman–Crippen MR) is 96.7 cm³/mol. The van der Waals surface area contributed by atoms with Gasteiger partial charge < -0.3 is 9.64 Å². The lowest BCUT2D eigenvalue weighted by molar-refractivity contribution is 0.0751. The van der Waals surface area contributed by atoms with Crippen molar-refractivity contribution in [2.24, 2.45) is 0 Å². The van der Waals surface area contributed by atoms with Gasteiger partial charge in [0.2, 0.25) is 0 Å². The first-order valence-corrected chi connectivity index (χ1v) is 10.7. The number of hydrogen-bond acceptors (Lipinski definition) is 6. The van der Waals surface area contributed by atoms with Crippen LogP contribution < -0.4 is 4.74 Å². The van der Waals surface area contributed by atoms with Gasteiger partial charge in [-0.25, -0.2) is 17.8 Å². The molecule has 26 heavy (non-hydrogen) atoms. The highest BCUT2D eigenvalue weighted by Gasteiger charge is 2.34. The van der Waals surface area contributed by atoms with Crippen LogP contribution in [0.1, 0.15) is 26.8 Å². The van der Waals surface area contributed by atoms with E-state index in [2.05, 4.69) is 4.98 Å². The summed E-state index contributed by atoms with van der Waals surface area (Å²) in [6.45, 7) is 1.91. The fourth-order valence-electron chi connectivity index (χ4n) is 2.80. The van der Waals surface area contributed by atoms with Crippen molar-refractivity contribution >= 4 is 27.1 Å². The Hall–Kier alpha value is -2.00. The summed E-state index contributed by atoms with van der Waals surface area (Å²) in [5, 5.41) is 0.627. The summed E-state index contributed by atoms with van der Waals surface area (Å²) in [4.78, 5) is 19.0. The van der Waals surface area contributed by atoms with Crippen LogP contribution in [0.4, 0.5) is 4.39 Å². The van der Waals surface area contributed by atoms with E-state index in [0.717, 1.165) is 0 Å². The van der Waals surface area contributed by atoms with Crippen LogP contribution in [-0.4, -0.2) is 48.8 Å². The van der Waals surface area contributed by atoms with E-state index in [1.807, 2.05) is 0 Å². The van der Waals surface area contributed by atoms with E-state index >= 15 is 0 Å². The molecule has 1 saturated heterocycles. The molecule has 2 heterocycles. The maximum absolute atomic E-state index is 12.9. The van der Waals surface area contributed by atoms with Crippen LogP contribution in [0.2, 0.25) is 0 Å². The van der Waals surface area contributed by atoms with Crippen LogP contribution >= 0.6 is 11.3 Å². The van der Waals surface area contributed by atoms with Crippen LogP contribution in [0.3, 0.4) is 0 Å². The predicted octanol–water partition coefficient (Wildman–Crippen LogP) is 2.43. The largest absolute Gasteiger partial charge is 0.486 e. The van der Waals surface area contributed by atoms with E-state index in [-0.39, 0.29) is 35.9 Å². The van der Waals surface area contributed by atoms with Crippen LogP contribution in [0.25, 0.3) is 0 Å². The third-order valence-corrected chi connectivity index (χ3v) is 7.16. The molecule has 1 amide bonds. The summed E-state index contributed by atoms with van der Waals surface area (Å²) in [5.74, 6) is 0.0734. The molecule has 3 rings (SSSR count). The zero-order valence-electron chi connectivity index (χ0n) is 14.4. The molecule has 2 aromatic rings. The molecule has 0 radical (unpaired) electrons. The first kappa shape index (κ1) is 18.8. The van der Waals surface area contributed by atoms with Gasteiger partial charge in [-0.3, -0.25) is 4.79 Å². The number of carbonyl (C=O) groups excluding carboxylic acids is 1.